The molecule has 0 aliphatic heterocycles. The van der Waals surface area contributed by atoms with Gasteiger partial charge in [0.1, 0.15) is 0 Å². The fourth-order valence-corrected chi connectivity index (χ4v) is 6.15. The van der Waals surface area contributed by atoms with Gasteiger partial charge in [-0.2, -0.15) is 0 Å². The zero-order chi connectivity index (χ0) is 13.7. The molecule has 1 unspecified atom stereocenters. The van der Waals surface area contributed by atoms with Crippen molar-refractivity contribution in [2.45, 2.75) is 0 Å². The van der Waals surface area contributed by atoms with Gasteiger partial charge in [-0.05, 0) is 24.3 Å². The molecule has 0 bridgehead atoms. The highest BCUT2D eigenvalue weighted by Crippen LogP contribution is 2.67. The van der Waals surface area contributed by atoms with Gasteiger partial charge in [-0.25, -0.2) is 0 Å². The summed E-state index contributed by atoms with van der Waals surface area (Å²) in [6.45, 7) is -3.44. The lowest BCUT2D eigenvalue weighted by Crippen LogP contribution is -2.12. The van der Waals surface area contributed by atoms with E-state index in [-0.39, 0.29) is 0 Å². The van der Waals surface area contributed by atoms with Crippen LogP contribution < -0.4 is 10.6 Å². The number of hydrogen-bond acceptors (Lipinski definition) is 2. The van der Waals surface area contributed by atoms with Crippen LogP contribution in [0.3, 0.4) is 0 Å². The second kappa shape index (κ2) is 5.81. The van der Waals surface area contributed by atoms with E-state index in [9.17, 15) is 9.13 Å². The van der Waals surface area contributed by atoms with E-state index in [2.05, 4.69) is 9.80 Å². The van der Waals surface area contributed by atoms with Crippen LogP contribution in [0.15, 0.2) is 65.5 Å². The van der Waals surface area contributed by atoms with Gasteiger partial charge >= 0.3 is 14.5 Å². The highest BCUT2D eigenvalue weighted by atomic mass is 32.1. The lowest BCUT2D eigenvalue weighted by atomic mass is 10.4. The number of azide groups is 1. The zero-order valence-electron chi connectivity index (χ0n) is 9.83. The molecule has 2 aromatic rings. The monoisotopic (exact) mass is 290 g/mol. The Morgan fingerprint density at radius 3 is 1.74 bits per heavy atom. The van der Waals surface area contributed by atoms with Gasteiger partial charge in [0, 0.05) is 10.4 Å². The summed E-state index contributed by atoms with van der Waals surface area (Å²) in [5.41, 5.74) is 8.45. The number of nitrogens with zero attached hydrogens (tertiary/aromatic N) is 3. The summed E-state index contributed by atoms with van der Waals surface area (Å²) >= 11 is 0. The number of hydrogen-bond donors (Lipinski definition) is 0. The van der Waals surface area contributed by atoms with E-state index in [0.717, 1.165) is 0 Å². The van der Waals surface area contributed by atoms with Crippen molar-refractivity contribution in [2.75, 3.05) is 0 Å². The summed E-state index contributed by atoms with van der Waals surface area (Å²) in [5.74, 6) is 0. The van der Waals surface area contributed by atoms with Crippen LogP contribution in [0.2, 0.25) is 0 Å². The molecule has 0 aromatic heterocycles. The Morgan fingerprint density at radius 1 is 0.947 bits per heavy atom. The van der Waals surface area contributed by atoms with Crippen LogP contribution in [0.4, 0.5) is 0 Å². The molecule has 0 N–H and O–H groups in total. The van der Waals surface area contributed by atoms with Crippen molar-refractivity contribution < 1.29 is 9.13 Å². The van der Waals surface area contributed by atoms with Crippen molar-refractivity contribution in [3.63, 3.8) is 0 Å². The minimum absolute atomic E-state index is 0.426. The average Bonchev–Trinajstić information content (AvgIpc) is 2.48. The van der Waals surface area contributed by atoms with Crippen LogP contribution in [-0.4, -0.2) is 0 Å². The van der Waals surface area contributed by atoms with E-state index in [0.29, 0.717) is 10.6 Å². The molecule has 0 fully saturated rings. The Hall–Kier alpha value is -1.92. The van der Waals surface area contributed by atoms with Crippen LogP contribution >= 0.6 is 14.5 Å². The van der Waals surface area contributed by atoms with Gasteiger partial charge in [0.2, 0.25) is 0 Å². The first kappa shape index (κ1) is 13.5. The summed E-state index contributed by atoms with van der Waals surface area (Å²) in [6.07, 6.45) is 0. The van der Waals surface area contributed by atoms with Crippen molar-refractivity contribution in [3.8, 4) is 0 Å². The fourth-order valence-electron chi connectivity index (χ4n) is 1.70. The van der Waals surface area contributed by atoms with Gasteiger partial charge in [-0.15, -0.1) is 0 Å². The largest absolute Gasteiger partial charge is 0.521 e. The number of rotatable bonds is 4. The normalized spacial score (nSPS) is 11.5. The van der Waals surface area contributed by atoms with E-state index < -0.39 is 14.5 Å². The van der Waals surface area contributed by atoms with Gasteiger partial charge in [0.15, 0.2) is 4.88 Å². The number of benzene rings is 2. The van der Waals surface area contributed by atoms with Crippen LogP contribution in [-0.2, 0) is 9.13 Å². The smallest absolute Gasteiger partial charge is 0.256 e. The molecule has 0 aliphatic rings. The van der Waals surface area contributed by atoms with Gasteiger partial charge in [-0.1, -0.05) is 41.0 Å². The Morgan fingerprint density at radius 2 is 1.37 bits per heavy atom. The lowest BCUT2D eigenvalue weighted by molar-refractivity contribution is 0.579. The van der Waals surface area contributed by atoms with E-state index in [1.807, 2.05) is 0 Å². The first-order chi connectivity index (χ1) is 9.19. The Balaban J connectivity index is 2.68. The Bertz CT molecular complexity index is 639. The third-order valence-electron chi connectivity index (χ3n) is 2.57. The Kier molecular flexibility index (Phi) is 4.13. The molecule has 2 aromatic carbocycles. The third-order valence-corrected chi connectivity index (χ3v) is 8.35. The molecule has 0 spiro atoms. The summed E-state index contributed by atoms with van der Waals surface area (Å²) in [7, 11) is -2.56. The molecule has 0 aliphatic carbocycles. The van der Waals surface area contributed by atoms with Crippen molar-refractivity contribution in [1.29, 1.82) is 0 Å². The van der Waals surface area contributed by atoms with Crippen LogP contribution in [0.5, 0.6) is 0 Å². The summed E-state index contributed by atoms with van der Waals surface area (Å²) in [4.78, 5) is 5.70. The van der Waals surface area contributed by atoms with Gasteiger partial charge in [-0.3, -0.25) is 4.57 Å². The van der Waals surface area contributed by atoms with E-state index in [1.165, 1.54) is 0 Å². The summed E-state index contributed by atoms with van der Waals surface area (Å²) in [5, 5.41) is 0.851. The van der Waals surface area contributed by atoms with Crippen molar-refractivity contribution in [1.82, 2.24) is 0 Å². The second-order valence-electron chi connectivity index (χ2n) is 3.68. The lowest BCUT2D eigenvalue weighted by Gasteiger charge is -2.06. The third kappa shape index (κ3) is 2.59. The molecular weight excluding hydrogens is 280 g/mol. The van der Waals surface area contributed by atoms with Gasteiger partial charge < -0.3 is 0 Å². The summed E-state index contributed by atoms with van der Waals surface area (Å²) in [6, 6.07) is 16.9. The van der Waals surface area contributed by atoms with Crippen LogP contribution in [0.25, 0.3) is 10.4 Å². The molecule has 19 heavy (non-hydrogen) atoms. The van der Waals surface area contributed by atoms with Crippen molar-refractivity contribution in [3.05, 3.63) is 71.1 Å². The molecular formula is C12H10N3O2P2+. The predicted octanol–water partition coefficient (Wildman–Crippen LogP) is 3.97. The van der Waals surface area contributed by atoms with Gasteiger partial charge in [0.25, 0.3) is 0 Å². The van der Waals surface area contributed by atoms with E-state index in [1.54, 1.807) is 60.7 Å². The highest BCUT2D eigenvalue weighted by Gasteiger charge is 2.47. The van der Waals surface area contributed by atoms with Crippen LogP contribution in [0.1, 0.15) is 0 Å². The first-order valence-electron chi connectivity index (χ1n) is 5.43. The highest BCUT2D eigenvalue weighted by molar-refractivity contribution is 8.34. The predicted molar refractivity (Wildman–Crippen MR) is 76.5 cm³/mol. The maximum absolute atomic E-state index is 13.2. The van der Waals surface area contributed by atoms with E-state index in [4.69, 9.17) is 5.53 Å². The molecule has 94 valence electrons. The quantitative estimate of drug-likeness (QED) is 0.369. The molecule has 0 saturated carbocycles. The maximum Gasteiger partial charge on any atom is 0.521 e. The van der Waals surface area contributed by atoms with Crippen molar-refractivity contribution in [2.24, 2.45) is 4.88 Å². The molecule has 0 heterocycles. The Labute approximate surface area is 111 Å². The minimum Gasteiger partial charge on any atom is -0.256 e. The molecule has 5 nitrogen and oxygen atoms in total. The minimum atomic E-state index is -3.44. The van der Waals surface area contributed by atoms with Gasteiger partial charge in [0.05, 0.1) is 10.6 Å². The molecule has 0 saturated heterocycles. The molecule has 1 atom stereocenters. The zero-order valence-corrected chi connectivity index (χ0v) is 11.6. The standard InChI is InChI=1S/C12H10N3O2P2/c13-14-15-18(16)19(17,11-7-3-1-4-8-11)12-9-5-2-6-10-12/h1-10H/q+1. The molecule has 2 rings (SSSR count). The second-order valence-corrected chi connectivity index (χ2v) is 9.26. The van der Waals surface area contributed by atoms with E-state index >= 15 is 0 Å². The van der Waals surface area contributed by atoms with Crippen LogP contribution in [0, 0.1) is 0 Å². The molecule has 0 amide bonds. The summed E-state index contributed by atoms with van der Waals surface area (Å²) < 4.78 is 25.3. The fraction of sp³-hybridized carbons (Fsp3) is 0. The van der Waals surface area contributed by atoms with Crippen molar-refractivity contribution >= 4 is 25.1 Å². The average molecular weight is 290 g/mol. The SMILES string of the molecule is [N-]=[N+]=N[P+](=O)P(=O)(c1ccccc1)c1ccccc1. The molecule has 7 heteroatoms. The maximum atomic E-state index is 13.2. The molecule has 0 radical (unpaired) electrons. The first-order valence-corrected chi connectivity index (χ1v) is 9.06. The topological polar surface area (TPSA) is 82.9 Å².